The summed E-state index contributed by atoms with van der Waals surface area (Å²) in [5.74, 6) is 0.794. The van der Waals surface area contributed by atoms with Gasteiger partial charge in [-0.1, -0.05) is 20.8 Å². The van der Waals surface area contributed by atoms with Crippen molar-refractivity contribution in [3.8, 4) is 0 Å². The minimum absolute atomic E-state index is 0.649. The first-order valence-corrected chi connectivity index (χ1v) is 8.18. The maximum Gasteiger partial charge on any atom is 0.0628 e. The van der Waals surface area contributed by atoms with Gasteiger partial charge in [-0.05, 0) is 64.0 Å². The first-order valence-electron chi connectivity index (χ1n) is 8.18. The SMILES string of the molecule is CCCNC(CCc1c(C)nn(C)c1C)CCC(C)C. The second kappa shape index (κ2) is 8.46. The molecule has 1 atom stereocenters. The third-order valence-corrected chi connectivity index (χ3v) is 4.18. The smallest absolute Gasteiger partial charge is 0.0628 e. The van der Waals surface area contributed by atoms with Crippen molar-refractivity contribution in [2.75, 3.05) is 6.54 Å². The molecule has 0 bridgehead atoms. The van der Waals surface area contributed by atoms with E-state index in [1.165, 1.54) is 42.6 Å². The van der Waals surface area contributed by atoms with Crippen LogP contribution in [0.4, 0.5) is 0 Å². The van der Waals surface area contributed by atoms with Gasteiger partial charge in [-0.2, -0.15) is 5.10 Å². The topological polar surface area (TPSA) is 29.9 Å². The molecule has 1 rings (SSSR count). The third kappa shape index (κ3) is 5.28. The standard InChI is InChI=1S/C17H33N3/c1-7-12-18-16(9-8-13(2)3)10-11-17-14(4)19-20(6)15(17)5/h13,16,18H,7-12H2,1-6H3. The Labute approximate surface area is 125 Å². The highest BCUT2D eigenvalue weighted by Crippen LogP contribution is 2.17. The Kier molecular flexibility index (Phi) is 7.28. The quantitative estimate of drug-likeness (QED) is 0.745. The molecule has 1 unspecified atom stereocenters. The molecular weight excluding hydrogens is 246 g/mol. The molecule has 1 aromatic rings. The Morgan fingerprint density at radius 3 is 2.35 bits per heavy atom. The van der Waals surface area contributed by atoms with Crippen molar-refractivity contribution >= 4 is 0 Å². The van der Waals surface area contributed by atoms with E-state index >= 15 is 0 Å². The van der Waals surface area contributed by atoms with Crippen LogP contribution >= 0.6 is 0 Å². The maximum absolute atomic E-state index is 4.52. The summed E-state index contributed by atoms with van der Waals surface area (Å²) in [4.78, 5) is 0. The molecule has 0 aliphatic carbocycles. The lowest BCUT2D eigenvalue weighted by Gasteiger charge is -2.19. The average molecular weight is 279 g/mol. The Bertz CT molecular complexity index is 393. The first kappa shape index (κ1) is 17.2. The molecule has 116 valence electrons. The van der Waals surface area contributed by atoms with Crippen LogP contribution in [0.15, 0.2) is 0 Å². The Hall–Kier alpha value is -0.830. The van der Waals surface area contributed by atoms with Gasteiger partial charge in [0.15, 0.2) is 0 Å². The molecule has 0 saturated heterocycles. The Morgan fingerprint density at radius 2 is 1.85 bits per heavy atom. The molecule has 0 aliphatic heterocycles. The maximum atomic E-state index is 4.52. The van der Waals surface area contributed by atoms with E-state index < -0.39 is 0 Å². The Balaban J connectivity index is 2.55. The summed E-state index contributed by atoms with van der Waals surface area (Å²) in [6.07, 6.45) is 6.18. The minimum atomic E-state index is 0.649. The highest BCUT2D eigenvalue weighted by atomic mass is 15.3. The first-order chi connectivity index (χ1) is 9.45. The summed E-state index contributed by atoms with van der Waals surface area (Å²) >= 11 is 0. The van der Waals surface area contributed by atoms with Gasteiger partial charge in [0, 0.05) is 18.8 Å². The Morgan fingerprint density at radius 1 is 1.15 bits per heavy atom. The molecule has 1 aromatic heterocycles. The van der Waals surface area contributed by atoms with Crippen LogP contribution < -0.4 is 5.32 Å². The number of rotatable bonds is 9. The number of nitrogens with zero attached hydrogens (tertiary/aromatic N) is 2. The van der Waals surface area contributed by atoms with E-state index in [2.05, 4.69) is 45.0 Å². The van der Waals surface area contributed by atoms with Crippen molar-refractivity contribution in [3.63, 3.8) is 0 Å². The number of hydrogen-bond donors (Lipinski definition) is 1. The van der Waals surface area contributed by atoms with Crippen molar-refractivity contribution in [2.45, 2.75) is 72.8 Å². The van der Waals surface area contributed by atoms with Gasteiger partial charge in [-0.15, -0.1) is 0 Å². The molecule has 3 heteroatoms. The summed E-state index contributed by atoms with van der Waals surface area (Å²) in [5, 5.41) is 8.23. The molecule has 1 N–H and O–H groups in total. The third-order valence-electron chi connectivity index (χ3n) is 4.18. The second-order valence-electron chi connectivity index (χ2n) is 6.43. The van der Waals surface area contributed by atoms with Crippen molar-refractivity contribution < 1.29 is 0 Å². The van der Waals surface area contributed by atoms with Crippen molar-refractivity contribution in [2.24, 2.45) is 13.0 Å². The van der Waals surface area contributed by atoms with Gasteiger partial charge < -0.3 is 5.32 Å². The van der Waals surface area contributed by atoms with Gasteiger partial charge >= 0.3 is 0 Å². The molecule has 0 aliphatic rings. The number of aromatic nitrogens is 2. The van der Waals surface area contributed by atoms with Gasteiger partial charge in [0.2, 0.25) is 0 Å². The summed E-state index contributed by atoms with van der Waals surface area (Å²) in [6.45, 7) is 12.3. The zero-order valence-electron chi connectivity index (χ0n) is 14.3. The van der Waals surface area contributed by atoms with Crippen LogP contribution in [0.5, 0.6) is 0 Å². The van der Waals surface area contributed by atoms with Crippen LogP contribution in [0.3, 0.4) is 0 Å². The van der Waals surface area contributed by atoms with Crippen LogP contribution in [-0.2, 0) is 13.5 Å². The molecule has 0 radical (unpaired) electrons. The lowest BCUT2D eigenvalue weighted by molar-refractivity contribution is 0.410. The van der Waals surface area contributed by atoms with Gasteiger partial charge in [0.05, 0.1) is 5.69 Å². The van der Waals surface area contributed by atoms with Gasteiger partial charge in [0.25, 0.3) is 0 Å². The van der Waals surface area contributed by atoms with Crippen LogP contribution in [0.2, 0.25) is 0 Å². The monoisotopic (exact) mass is 279 g/mol. The van der Waals surface area contributed by atoms with E-state index in [1.807, 2.05) is 11.7 Å². The lowest BCUT2D eigenvalue weighted by atomic mass is 9.97. The van der Waals surface area contributed by atoms with E-state index in [-0.39, 0.29) is 0 Å². The molecule has 20 heavy (non-hydrogen) atoms. The van der Waals surface area contributed by atoms with Gasteiger partial charge in [-0.25, -0.2) is 0 Å². The summed E-state index contributed by atoms with van der Waals surface area (Å²) < 4.78 is 2.01. The van der Waals surface area contributed by atoms with Crippen LogP contribution in [0.1, 0.15) is 63.4 Å². The van der Waals surface area contributed by atoms with E-state index in [0.717, 1.165) is 18.9 Å². The summed E-state index contributed by atoms with van der Waals surface area (Å²) in [6, 6.07) is 0.649. The largest absolute Gasteiger partial charge is 0.314 e. The van der Waals surface area contributed by atoms with Gasteiger partial charge in [-0.3, -0.25) is 4.68 Å². The van der Waals surface area contributed by atoms with Gasteiger partial charge in [0.1, 0.15) is 0 Å². The van der Waals surface area contributed by atoms with Crippen LogP contribution in [0.25, 0.3) is 0 Å². The fourth-order valence-electron chi connectivity index (χ4n) is 2.73. The van der Waals surface area contributed by atoms with Crippen LogP contribution in [0, 0.1) is 19.8 Å². The highest BCUT2D eigenvalue weighted by molar-refractivity contribution is 5.24. The van der Waals surface area contributed by atoms with E-state index in [0.29, 0.717) is 6.04 Å². The number of nitrogens with one attached hydrogen (secondary N) is 1. The molecule has 0 spiro atoms. The molecule has 0 fully saturated rings. The zero-order valence-corrected chi connectivity index (χ0v) is 14.3. The molecule has 3 nitrogen and oxygen atoms in total. The fraction of sp³-hybridized carbons (Fsp3) is 0.824. The number of hydrogen-bond acceptors (Lipinski definition) is 2. The summed E-state index contributed by atoms with van der Waals surface area (Å²) in [5.41, 5.74) is 3.96. The van der Waals surface area contributed by atoms with Crippen molar-refractivity contribution in [1.82, 2.24) is 15.1 Å². The van der Waals surface area contributed by atoms with Crippen molar-refractivity contribution in [1.29, 1.82) is 0 Å². The second-order valence-corrected chi connectivity index (χ2v) is 6.43. The average Bonchev–Trinajstić information content (AvgIpc) is 2.63. The molecular formula is C17H33N3. The van der Waals surface area contributed by atoms with E-state index in [1.54, 1.807) is 0 Å². The number of aryl methyl sites for hydroxylation is 2. The zero-order chi connectivity index (χ0) is 15.1. The van der Waals surface area contributed by atoms with E-state index in [4.69, 9.17) is 0 Å². The van der Waals surface area contributed by atoms with Crippen LogP contribution in [-0.4, -0.2) is 22.4 Å². The minimum Gasteiger partial charge on any atom is -0.314 e. The normalized spacial score (nSPS) is 13.2. The summed E-state index contributed by atoms with van der Waals surface area (Å²) in [7, 11) is 2.04. The lowest BCUT2D eigenvalue weighted by Crippen LogP contribution is -2.30. The fourth-order valence-corrected chi connectivity index (χ4v) is 2.73. The highest BCUT2D eigenvalue weighted by Gasteiger charge is 2.13. The molecule has 0 saturated carbocycles. The molecule has 0 aromatic carbocycles. The predicted molar refractivity (Wildman–Crippen MR) is 87.2 cm³/mol. The molecule has 0 amide bonds. The van der Waals surface area contributed by atoms with Crippen molar-refractivity contribution in [3.05, 3.63) is 17.0 Å². The molecule has 1 heterocycles. The predicted octanol–water partition coefficient (Wildman–Crippen LogP) is 3.77. The van der Waals surface area contributed by atoms with E-state index in [9.17, 15) is 0 Å².